The van der Waals surface area contributed by atoms with Gasteiger partial charge in [0.05, 0.1) is 17.1 Å². The van der Waals surface area contributed by atoms with Crippen LogP contribution in [-0.4, -0.2) is 10.7 Å². The lowest BCUT2D eigenvalue weighted by Gasteiger charge is -2.11. The minimum absolute atomic E-state index is 0.0386. The van der Waals surface area contributed by atoms with E-state index in [1.165, 1.54) is 12.1 Å². The number of Topliss-reactive ketones (excluding diaryl/α,β-unsaturated/α-hetero) is 1. The maximum Gasteiger partial charge on any atom is 0.280 e. The van der Waals surface area contributed by atoms with Gasteiger partial charge in [-0.25, -0.2) is 0 Å². The van der Waals surface area contributed by atoms with E-state index in [0.29, 0.717) is 0 Å². The van der Waals surface area contributed by atoms with Crippen molar-refractivity contribution in [2.24, 2.45) is 0 Å². The summed E-state index contributed by atoms with van der Waals surface area (Å²) in [6, 6.07) is 7.32. The molecule has 0 saturated carbocycles. The van der Waals surface area contributed by atoms with Gasteiger partial charge in [-0.2, -0.15) is 10.5 Å². The molecular formula is C12H5N3O3. The summed E-state index contributed by atoms with van der Waals surface area (Å²) in [5.74, 6) is -0.722. The first-order valence-corrected chi connectivity index (χ1v) is 4.84. The predicted octanol–water partition coefficient (Wildman–Crippen LogP) is 1.63. The third kappa shape index (κ3) is 1.12. The number of nitro benzene ring substituents is 1. The zero-order valence-corrected chi connectivity index (χ0v) is 9.01. The summed E-state index contributed by atoms with van der Waals surface area (Å²) in [5, 5.41) is 29.1. The van der Waals surface area contributed by atoms with Gasteiger partial charge < -0.3 is 0 Å². The standard InChI is InChI=1S/C12H5N3O3/c1-7-11(16)10-8(12(7,5-13)6-14)3-2-4-9(10)15(17)18/h2-4H,1H2. The number of nitro groups is 1. The van der Waals surface area contributed by atoms with Crippen LogP contribution in [0.1, 0.15) is 15.9 Å². The van der Waals surface area contributed by atoms with E-state index in [-0.39, 0.29) is 16.7 Å². The summed E-state index contributed by atoms with van der Waals surface area (Å²) in [5.41, 5.74) is -2.64. The van der Waals surface area contributed by atoms with E-state index in [9.17, 15) is 14.9 Å². The van der Waals surface area contributed by atoms with Crippen LogP contribution in [0.25, 0.3) is 0 Å². The topological polar surface area (TPSA) is 108 Å². The fourth-order valence-electron chi connectivity index (χ4n) is 2.01. The molecule has 0 heterocycles. The van der Waals surface area contributed by atoms with Crippen LogP contribution in [0, 0.1) is 32.8 Å². The average Bonchev–Trinajstić information content (AvgIpc) is 2.59. The molecule has 2 rings (SSSR count). The lowest BCUT2D eigenvalue weighted by atomic mass is 9.82. The van der Waals surface area contributed by atoms with E-state index in [4.69, 9.17) is 10.5 Å². The average molecular weight is 239 g/mol. The van der Waals surface area contributed by atoms with Crippen LogP contribution in [0.5, 0.6) is 0 Å². The molecule has 1 aromatic rings. The highest BCUT2D eigenvalue weighted by Gasteiger charge is 2.51. The first-order valence-electron chi connectivity index (χ1n) is 4.84. The van der Waals surface area contributed by atoms with Crippen molar-refractivity contribution in [2.75, 3.05) is 0 Å². The van der Waals surface area contributed by atoms with Crippen LogP contribution >= 0.6 is 0 Å². The smallest absolute Gasteiger partial charge is 0.280 e. The Morgan fingerprint density at radius 3 is 2.44 bits per heavy atom. The van der Waals surface area contributed by atoms with Gasteiger partial charge in [-0.05, 0) is 0 Å². The van der Waals surface area contributed by atoms with E-state index in [1.54, 1.807) is 12.1 Å². The minimum Gasteiger partial charge on any atom is -0.289 e. The number of nitriles is 2. The van der Waals surface area contributed by atoms with Gasteiger partial charge in [0, 0.05) is 17.2 Å². The number of ketones is 1. The molecule has 0 aromatic heterocycles. The molecule has 1 aromatic carbocycles. The number of hydrogen-bond donors (Lipinski definition) is 0. The van der Waals surface area contributed by atoms with Gasteiger partial charge in [0.15, 0.2) is 11.2 Å². The highest BCUT2D eigenvalue weighted by molar-refractivity contribution is 6.18. The normalized spacial score (nSPS) is 15.7. The number of allylic oxidation sites excluding steroid dienone is 1. The number of rotatable bonds is 1. The Morgan fingerprint density at radius 1 is 1.33 bits per heavy atom. The van der Waals surface area contributed by atoms with Crippen LogP contribution in [0.15, 0.2) is 30.4 Å². The number of carbonyl (C=O) groups is 1. The van der Waals surface area contributed by atoms with Gasteiger partial charge in [-0.15, -0.1) is 0 Å². The molecule has 18 heavy (non-hydrogen) atoms. The number of nitrogens with zero attached hydrogens (tertiary/aromatic N) is 3. The lowest BCUT2D eigenvalue weighted by molar-refractivity contribution is -0.385. The van der Waals surface area contributed by atoms with Gasteiger partial charge in [-0.3, -0.25) is 14.9 Å². The highest BCUT2D eigenvalue weighted by Crippen LogP contribution is 2.44. The Hall–Kier alpha value is -2.99. The Bertz CT molecular complexity index is 677. The van der Waals surface area contributed by atoms with Crippen molar-refractivity contribution in [3.8, 4) is 12.1 Å². The number of fused-ring (bicyclic) bond motifs is 1. The van der Waals surface area contributed by atoms with Gasteiger partial charge in [0.25, 0.3) is 5.69 Å². The van der Waals surface area contributed by atoms with E-state index >= 15 is 0 Å². The SMILES string of the molecule is C=C1C(=O)c2c([N+](=O)[O-])cccc2C1(C#N)C#N. The molecule has 86 valence electrons. The molecule has 0 fully saturated rings. The maximum absolute atomic E-state index is 11.9. The van der Waals surface area contributed by atoms with Gasteiger partial charge in [0.2, 0.25) is 0 Å². The molecule has 1 aliphatic rings. The summed E-state index contributed by atoms with van der Waals surface area (Å²) < 4.78 is 0. The molecule has 0 amide bonds. The van der Waals surface area contributed by atoms with Crippen LogP contribution in [0.2, 0.25) is 0 Å². The number of benzene rings is 1. The van der Waals surface area contributed by atoms with Crippen LogP contribution in [0.4, 0.5) is 5.69 Å². The second kappa shape index (κ2) is 3.51. The van der Waals surface area contributed by atoms with Gasteiger partial charge in [0.1, 0.15) is 5.56 Å². The van der Waals surface area contributed by atoms with Crippen molar-refractivity contribution < 1.29 is 9.72 Å². The summed E-state index contributed by atoms with van der Waals surface area (Å²) in [4.78, 5) is 22.1. The Labute approximate surface area is 102 Å². The molecule has 0 radical (unpaired) electrons. The van der Waals surface area contributed by atoms with Crippen molar-refractivity contribution in [3.63, 3.8) is 0 Å². The molecule has 0 bridgehead atoms. The van der Waals surface area contributed by atoms with E-state index < -0.39 is 21.8 Å². The van der Waals surface area contributed by atoms with Crippen molar-refractivity contribution in [1.29, 1.82) is 10.5 Å². The second-order valence-electron chi connectivity index (χ2n) is 3.74. The minimum atomic E-state index is -1.82. The summed E-state index contributed by atoms with van der Waals surface area (Å²) in [7, 11) is 0. The largest absolute Gasteiger partial charge is 0.289 e. The first kappa shape index (κ1) is 11.5. The van der Waals surface area contributed by atoms with Crippen LogP contribution in [-0.2, 0) is 5.41 Å². The van der Waals surface area contributed by atoms with Crippen molar-refractivity contribution in [1.82, 2.24) is 0 Å². The number of carbonyl (C=O) groups excluding carboxylic acids is 1. The summed E-state index contributed by atoms with van der Waals surface area (Å²) >= 11 is 0. The van der Waals surface area contributed by atoms with E-state index in [1.807, 2.05) is 0 Å². The maximum atomic E-state index is 11.9. The second-order valence-corrected chi connectivity index (χ2v) is 3.74. The molecular weight excluding hydrogens is 234 g/mol. The Morgan fingerprint density at radius 2 is 1.94 bits per heavy atom. The lowest BCUT2D eigenvalue weighted by Crippen LogP contribution is -2.20. The van der Waals surface area contributed by atoms with E-state index in [2.05, 4.69) is 6.58 Å². The summed E-state index contributed by atoms with van der Waals surface area (Å²) in [6.45, 7) is 3.43. The third-order valence-electron chi connectivity index (χ3n) is 2.93. The fraction of sp³-hybridized carbons (Fsp3) is 0.0833. The van der Waals surface area contributed by atoms with Gasteiger partial charge >= 0.3 is 0 Å². The monoisotopic (exact) mass is 239 g/mol. The van der Waals surface area contributed by atoms with Gasteiger partial charge in [-0.1, -0.05) is 18.7 Å². The molecule has 0 atom stereocenters. The van der Waals surface area contributed by atoms with Crippen molar-refractivity contribution >= 4 is 11.5 Å². The molecule has 0 spiro atoms. The van der Waals surface area contributed by atoms with Crippen LogP contribution < -0.4 is 0 Å². The molecule has 6 heteroatoms. The molecule has 1 aliphatic carbocycles. The Balaban J connectivity index is 2.91. The van der Waals surface area contributed by atoms with Crippen LogP contribution in [0.3, 0.4) is 0 Å². The predicted molar refractivity (Wildman–Crippen MR) is 59.5 cm³/mol. The van der Waals surface area contributed by atoms with Crippen molar-refractivity contribution in [3.05, 3.63) is 51.6 Å². The Kier molecular flexibility index (Phi) is 2.24. The number of hydrogen-bond acceptors (Lipinski definition) is 5. The summed E-state index contributed by atoms with van der Waals surface area (Å²) in [6.07, 6.45) is 0. The van der Waals surface area contributed by atoms with E-state index in [0.717, 1.165) is 6.07 Å². The molecule has 0 aliphatic heterocycles. The van der Waals surface area contributed by atoms with Crippen molar-refractivity contribution in [2.45, 2.75) is 5.41 Å². The zero-order valence-electron chi connectivity index (χ0n) is 9.01. The zero-order chi connectivity index (χ0) is 13.5. The quantitative estimate of drug-likeness (QED) is 0.420. The molecule has 0 unspecified atom stereocenters. The first-order chi connectivity index (χ1) is 8.49. The molecule has 6 nitrogen and oxygen atoms in total. The molecule has 0 N–H and O–H groups in total. The third-order valence-corrected chi connectivity index (χ3v) is 2.93. The highest BCUT2D eigenvalue weighted by atomic mass is 16.6. The molecule has 0 saturated heterocycles. The fourth-order valence-corrected chi connectivity index (χ4v) is 2.01.